The number of hydrogen-bond acceptors (Lipinski definition) is 4. The molecule has 0 aromatic heterocycles. The zero-order valence-electron chi connectivity index (χ0n) is 21.6. The quantitative estimate of drug-likeness (QED) is 0.183. The fraction of sp³-hybridized carbons (Fsp3) is 0.267. The predicted molar refractivity (Wildman–Crippen MR) is 151 cm³/mol. The Morgan fingerprint density at radius 3 is 1.92 bits per heavy atom. The first-order valence-electron chi connectivity index (χ1n) is 12.1. The molecule has 0 N–H and O–H groups in total. The first-order chi connectivity index (χ1) is 17.1. The zero-order chi connectivity index (χ0) is 26.2. The second-order valence-electron chi connectivity index (χ2n) is 9.87. The first-order valence-corrected chi connectivity index (χ1v) is 15.4. The predicted octanol–water partition coefficient (Wildman–Crippen LogP) is 5.78. The fourth-order valence-corrected chi connectivity index (χ4v) is 9.70. The lowest BCUT2D eigenvalue weighted by Gasteiger charge is -2.42. The third-order valence-electron chi connectivity index (χ3n) is 6.14. The molecule has 0 aliphatic heterocycles. The van der Waals surface area contributed by atoms with Crippen LogP contribution in [0.5, 0.6) is 0 Å². The molecule has 0 fully saturated rings. The molecule has 0 saturated carbocycles. The molecular formula is C30H36O4SSi. The average Bonchev–Trinajstić information content (AvgIpc) is 2.84. The standard InChI is InChI=1S/C30H36O4SSi/c1-25(22-24-33-35(31,32)27-20-18-26(2)19-21-27)13-12-23-34-36(30(3,4)5,28-14-8-6-9-15-28)29-16-10-7-11-17-29/h6-21H,1,22-24H2,2-5H3/b13-12+. The van der Waals surface area contributed by atoms with Crippen LogP contribution in [0.1, 0.15) is 32.8 Å². The SMILES string of the molecule is C=C(/C=C/CO[Si](c1ccccc1)(c1ccccc1)C(C)(C)C)CCOS(=O)(=O)c1ccc(C)cc1. The largest absolute Gasteiger partial charge is 0.404 e. The Morgan fingerprint density at radius 2 is 1.42 bits per heavy atom. The number of benzene rings is 3. The zero-order valence-corrected chi connectivity index (χ0v) is 23.4. The summed E-state index contributed by atoms with van der Waals surface area (Å²) in [5, 5.41) is 2.36. The van der Waals surface area contributed by atoms with Crippen LogP contribution in [0.4, 0.5) is 0 Å². The van der Waals surface area contributed by atoms with Gasteiger partial charge in [0.05, 0.1) is 18.1 Å². The van der Waals surface area contributed by atoms with Crippen LogP contribution in [0.25, 0.3) is 0 Å². The molecule has 0 unspecified atom stereocenters. The molecule has 0 bridgehead atoms. The van der Waals surface area contributed by atoms with E-state index in [0.717, 1.165) is 11.1 Å². The lowest BCUT2D eigenvalue weighted by molar-refractivity contribution is 0.322. The maximum atomic E-state index is 12.4. The van der Waals surface area contributed by atoms with E-state index < -0.39 is 18.4 Å². The molecule has 36 heavy (non-hydrogen) atoms. The van der Waals surface area contributed by atoms with Gasteiger partial charge in [-0.2, -0.15) is 8.42 Å². The van der Waals surface area contributed by atoms with Crippen molar-refractivity contribution >= 4 is 28.8 Å². The second-order valence-corrected chi connectivity index (χ2v) is 15.8. The molecule has 0 spiro atoms. The van der Waals surface area contributed by atoms with E-state index in [2.05, 4.69) is 75.9 Å². The number of hydrogen-bond donors (Lipinski definition) is 0. The van der Waals surface area contributed by atoms with Crippen molar-refractivity contribution in [3.8, 4) is 0 Å². The van der Waals surface area contributed by atoms with Gasteiger partial charge in [0.25, 0.3) is 18.4 Å². The van der Waals surface area contributed by atoms with Crippen molar-refractivity contribution in [2.24, 2.45) is 0 Å². The minimum absolute atomic E-state index is 0.0367. The van der Waals surface area contributed by atoms with Gasteiger partial charge in [-0.3, -0.25) is 4.18 Å². The highest BCUT2D eigenvalue weighted by molar-refractivity contribution is 7.86. The lowest BCUT2D eigenvalue weighted by atomic mass is 10.2. The van der Waals surface area contributed by atoms with Crippen molar-refractivity contribution in [3.63, 3.8) is 0 Å². The summed E-state index contributed by atoms with van der Waals surface area (Å²) in [7, 11) is -6.38. The van der Waals surface area contributed by atoms with Crippen LogP contribution in [0.3, 0.4) is 0 Å². The van der Waals surface area contributed by atoms with Gasteiger partial charge in [-0.25, -0.2) is 0 Å². The van der Waals surface area contributed by atoms with E-state index in [1.807, 2.05) is 31.2 Å². The molecule has 0 saturated heterocycles. The highest BCUT2D eigenvalue weighted by atomic mass is 32.2. The van der Waals surface area contributed by atoms with Gasteiger partial charge in [-0.15, -0.1) is 0 Å². The van der Waals surface area contributed by atoms with E-state index in [0.29, 0.717) is 13.0 Å². The van der Waals surface area contributed by atoms with E-state index in [1.54, 1.807) is 24.3 Å². The Balaban J connectivity index is 1.66. The topological polar surface area (TPSA) is 52.6 Å². The van der Waals surface area contributed by atoms with Crippen LogP contribution < -0.4 is 10.4 Å². The van der Waals surface area contributed by atoms with Crippen molar-refractivity contribution in [2.75, 3.05) is 13.2 Å². The summed E-state index contributed by atoms with van der Waals surface area (Å²) in [5.74, 6) is 0. The van der Waals surface area contributed by atoms with Crippen molar-refractivity contribution in [3.05, 3.63) is 115 Å². The third-order valence-corrected chi connectivity index (χ3v) is 12.5. The Labute approximate surface area is 217 Å². The van der Waals surface area contributed by atoms with Gasteiger partial charge in [0.1, 0.15) is 0 Å². The van der Waals surface area contributed by atoms with Crippen molar-refractivity contribution in [1.82, 2.24) is 0 Å². The highest BCUT2D eigenvalue weighted by Gasteiger charge is 2.49. The van der Waals surface area contributed by atoms with Gasteiger partial charge in [-0.05, 0) is 40.9 Å². The van der Waals surface area contributed by atoms with Gasteiger partial charge in [0, 0.05) is 0 Å². The van der Waals surface area contributed by atoms with E-state index in [4.69, 9.17) is 8.61 Å². The Bertz CT molecular complexity index is 1220. The Morgan fingerprint density at radius 1 is 0.889 bits per heavy atom. The van der Waals surface area contributed by atoms with Gasteiger partial charge < -0.3 is 4.43 Å². The second kappa shape index (κ2) is 12.0. The number of aryl methyl sites for hydroxylation is 1. The average molecular weight is 521 g/mol. The highest BCUT2D eigenvalue weighted by Crippen LogP contribution is 2.36. The van der Waals surface area contributed by atoms with Crippen LogP contribution in [-0.4, -0.2) is 29.9 Å². The first kappa shape index (κ1) is 27.8. The molecule has 190 valence electrons. The molecular weight excluding hydrogens is 484 g/mol. The van der Waals surface area contributed by atoms with Gasteiger partial charge in [-0.1, -0.05) is 123 Å². The summed E-state index contributed by atoms with van der Waals surface area (Å²) in [5.41, 5.74) is 1.77. The summed E-state index contributed by atoms with van der Waals surface area (Å²) in [6, 6.07) is 27.6. The van der Waals surface area contributed by atoms with Gasteiger partial charge in [0.2, 0.25) is 0 Å². The summed E-state index contributed by atoms with van der Waals surface area (Å²) >= 11 is 0. The Hall–Kier alpha value is -2.77. The molecule has 3 rings (SSSR count). The third kappa shape index (κ3) is 6.71. The maximum absolute atomic E-state index is 12.4. The summed E-state index contributed by atoms with van der Waals surface area (Å²) < 4.78 is 36.8. The minimum Gasteiger partial charge on any atom is -0.404 e. The van der Waals surface area contributed by atoms with Crippen LogP contribution in [0, 0.1) is 6.92 Å². The van der Waals surface area contributed by atoms with Crippen molar-refractivity contribution in [2.45, 2.75) is 44.0 Å². The van der Waals surface area contributed by atoms with Gasteiger partial charge in [0.15, 0.2) is 0 Å². The van der Waals surface area contributed by atoms with E-state index >= 15 is 0 Å². The molecule has 4 nitrogen and oxygen atoms in total. The van der Waals surface area contributed by atoms with Crippen LogP contribution >= 0.6 is 0 Å². The molecule has 0 radical (unpaired) electrons. The van der Waals surface area contributed by atoms with E-state index in [1.165, 1.54) is 10.4 Å². The number of allylic oxidation sites excluding steroid dienone is 1. The Kier molecular flexibility index (Phi) is 9.25. The summed E-state index contributed by atoms with van der Waals surface area (Å²) in [6.07, 6.45) is 4.25. The molecule has 0 atom stereocenters. The summed E-state index contributed by atoms with van der Waals surface area (Å²) in [4.78, 5) is 0.160. The smallest absolute Gasteiger partial charge is 0.296 e. The minimum atomic E-state index is -3.78. The molecule has 0 amide bonds. The van der Waals surface area contributed by atoms with Gasteiger partial charge >= 0.3 is 0 Å². The molecule has 3 aromatic carbocycles. The van der Waals surface area contributed by atoms with Crippen molar-refractivity contribution in [1.29, 1.82) is 0 Å². The monoisotopic (exact) mass is 520 g/mol. The van der Waals surface area contributed by atoms with E-state index in [-0.39, 0.29) is 16.5 Å². The van der Waals surface area contributed by atoms with Crippen LogP contribution in [-0.2, 0) is 18.7 Å². The molecule has 6 heteroatoms. The van der Waals surface area contributed by atoms with Crippen LogP contribution in [0.15, 0.2) is 114 Å². The molecule has 0 heterocycles. The lowest BCUT2D eigenvalue weighted by Crippen LogP contribution is -2.66. The molecule has 0 aliphatic carbocycles. The summed E-state index contributed by atoms with van der Waals surface area (Å²) in [6.45, 7) is 13.2. The normalized spacial score (nSPS) is 12.7. The van der Waals surface area contributed by atoms with Crippen LogP contribution in [0.2, 0.25) is 5.04 Å². The molecule has 3 aromatic rings. The van der Waals surface area contributed by atoms with Crippen molar-refractivity contribution < 1.29 is 17.0 Å². The van der Waals surface area contributed by atoms with E-state index in [9.17, 15) is 8.42 Å². The number of rotatable bonds is 11. The molecule has 0 aliphatic rings. The maximum Gasteiger partial charge on any atom is 0.296 e. The fourth-order valence-electron chi connectivity index (χ4n) is 4.29.